The smallest absolute Gasteiger partial charge is 0.403 e. The molecular weight excluding hydrogens is 534 g/mol. The molecule has 0 bridgehead atoms. The molecule has 2 atom stereocenters. The summed E-state index contributed by atoms with van der Waals surface area (Å²) in [5.41, 5.74) is 7.69. The molecule has 0 saturated carbocycles. The van der Waals surface area contributed by atoms with Crippen LogP contribution < -0.4 is 5.46 Å². The molecule has 0 amide bonds. The van der Waals surface area contributed by atoms with Crippen LogP contribution in [0.25, 0.3) is 11.1 Å². The number of allylic oxidation sites excluding steroid dienone is 2. The van der Waals surface area contributed by atoms with Crippen LogP contribution in [0.15, 0.2) is 152 Å². The predicted octanol–water partition coefficient (Wildman–Crippen LogP) is 8.44. The number of hydrogen-bond donors (Lipinski definition) is 0. The van der Waals surface area contributed by atoms with E-state index in [1.165, 1.54) is 38.9 Å². The fourth-order valence-electron chi connectivity index (χ4n) is 7.51. The lowest BCUT2D eigenvalue weighted by Crippen LogP contribution is -2.61. The average molecular weight is 572 g/mol. The van der Waals surface area contributed by atoms with Crippen molar-refractivity contribution < 1.29 is 9.31 Å². The van der Waals surface area contributed by atoms with Crippen molar-refractivity contribution in [2.45, 2.75) is 49.9 Å². The molecule has 0 spiro atoms. The first-order chi connectivity index (χ1) is 21.3. The standard InChI is InChI=1S/C40H38B2O2/c1-38(2)39(3,4)44-42(43-38)40(33-26-16-8-17-27-33)36(31-22-12-6-13-23-31)35(30-20-10-5-11-21-30)37(32-24-14-7-15-25-32)41(40)34-28-18-9-19-29-34/h5-29,37H,1-4H3/t37-,40?/m0/s1. The molecule has 0 N–H and O–H groups in total. The predicted molar refractivity (Wildman–Crippen MR) is 185 cm³/mol. The average Bonchev–Trinajstić information content (AvgIpc) is 3.50. The first-order valence-corrected chi connectivity index (χ1v) is 15.7. The van der Waals surface area contributed by atoms with Crippen LogP contribution in [-0.4, -0.2) is 25.0 Å². The van der Waals surface area contributed by atoms with E-state index in [-0.39, 0.29) is 12.5 Å². The molecule has 2 nitrogen and oxygen atoms in total. The van der Waals surface area contributed by atoms with Gasteiger partial charge in [-0.25, -0.2) is 0 Å². The van der Waals surface area contributed by atoms with Gasteiger partial charge in [0.05, 0.1) is 11.2 Å². The van der Waals surface area contributed by atoms with Crippen LogP contribution in [-0.2, 0) is 14.5 Å². The highest BCUT2D eigenvalue weighted by Gasteiger charge is 2.70. The fourth-order valence-corrected chi connectivity index (χ4v) is 7.51. The van der Waals surface area contributed by atoms with E-state index in [1.807, 2.05) is 0 Å². The molecule has 2 heterocycles. The Kier molecular flexibility index (Phi) is 7.23. The maximum Gasteiger partial charge on any atom is 0.466 e. The number of benzene rings is 5. The van der Waals surface area contributed by atoms with Gasteiger partial charge in [0.25, 0.3) is 0 Å². The van der Waals surface area contributed by atoms with E-state index < -0.39 is 23.5 Å². The van der Waals surface area contributed by atoms with Gasteiger partial charge in [0.15, 0.2) is 0 Å². The summed E-state index contributed by atoms with van der Waals surface area (Å²) < 4.78 is 14.4. The second kappa shape index (κ2) is 11.1. The summed E-state index contributed by atoms with van der Waals surface area (Å²) in [6.45, 7) is 8.62. The topological polar surface area (TPSA) is 18.5 Å². The Labute approximate surface area is 263 Å². The Morgan fingerprint density at radius 2 is 0.932 bits per heavy atom. The Morgan fingerprint density at radius 3 is 1.45 bits per heavy atom. The second-order valence-corrected chi connectivity index (χ2v) is 13.1. The van der Waals surface area contributed by atoms with Crippen LogP contribution in [0.3, 0.4) is 0 Å². The van der Waals surface area contributed by atoms with E-state index in [2.05, 4.69) is 179 Å². The van der Waals surface area contributed by atoms with E-state index in [1.54, 1.807) is 0 Å². The van der Waals surface area contributed by atoms with Crippen molar-refractivity contribution in [3.8, 4) is 0 Å². The minimum Gasteiger partial charge on any atom is -0.403 e. The zero-order chi connectivity index (χ0) is 30.4. The fraction of sp³-hybridized carbons (Fsp3) is 0.200. The molecule has 7 rings (SSSR count). The minimum absolute atomic E-state index is 0.0236. The molecule has 1 unspecified atom stereocenters. The lowest BCUT2D eigenvalue weighted by Gasteiger charge is -2.41. The molecule has 0 radical (unpaired) electrons. The summed E-state index contributed by atoms with van der Waals surface area (Å²) in [4.78, 5) is 0. The maximum atomic E-state index is 7.22. The van der Waals surface area contributed by atoms with Crippen molar-refractivity contribution in [1.82, 2.24) is 0 Å². The van der Waals surface area contributed by atoms with Crippen LogP contribution >= 0.6 is 0 Å². The molecule has 5 aromatic carbocycles. The van der Waals surface area contributed by atoms with Gasteiger partial charge >= 0.3 is 7.12 Å². The maximum absolute atomic E-state index is 7.22. The van der Waals surface area contributed by atoms with Crippen LogP contribution in [0.4, 0.5) is 0 Å². The van der Waals surface area contributed by atoms with Gasteiger partial charge in [-0.1, -0.05) is 157 Å². The van der Waals surface area contributed by atoms with Gasteiger partial charge in [-0.2, -0.15) is 0 Å². The van der Waals surface area contributed by atoms with Gasteiger partial charge in [-0.3, -0.25) is 0 Å². The zero-order valence-electron chi connectivity index (χ0n) is 26.0. The Bertz CT molecular complexity index is 1740. The summed E-state index contributed by atoms with van der Waals surface area (Å²) in [7, 11) is -0.553. The van der Waals surface area contributed by atoms with Crippen LogP contribution in [0.1, 0.15) is 55.8 Å². The first kappa shape index (κ1) is 28.6. The Morgan fingerprint density at radius 1 is 0.500 bits per heavy atom. The van der Waals surface area contributed by atoms with Crippen molar-refractivity contribution in [1.29, 1.82) is 0 Å². The van der Waals surface area contributed by atoms with Crippen LogP contribution in [0, 0.1) is 0 Å². The molecule has 1 saturated heterocycles. The lowest BCUT2D eigenvalue weighted by atomic mass is 9.16. The van der Waals surface area contributed by atoms with Crippen LogP contribution in [0.2, 0.25) is 0 Å². The molecule has 1 fully saturated rings. The Balaban J connectivity index is 1.69. The third kappa shape index (κ3) is 4.51. The molecule has 2 aliphatic heterocycles. The lowest BCUT2D eigenvalue weighted by molar-refractivity contribution is 0.00578. The van der Waals surface area contributed by atoms with Gasteiger partial charge in [-0.15, -0.1) is 0 Å². The second-order valence-electron chi connectivity index (χ2n) is 13.1. The summed E-state index contributed by atoms with van der Waals surface area (Å²) in [6, 6.07) is 54.9. The van der Waals surface area contributed by atoms with Gasteiger partial charge in [0, 0.05) is 5.21 Å². The summed E-state index contributed by atoms with van der Waals surface area (Å²) in [5, 5.41) is -0.694. The summed E-state index contributed by atoms with van der Waals surface area (Å²) in [6.07, 6.45) is 0. The van der Waals surface area contributed by atoms with Crippen LogP contribution in [0.5, 0.6) is 0 Å². The summed E-state index contributed by atoms with van der Waals surface area (Å²) >= 11 is 0. The van der Waals surface area contributed by atoms with Gasteiger partial charge in [0.1, 0.15) is 0 Å². The highest BCUT2D eigenvalue weighted by molar-refractivity contribution is 6.93. The molecule has 0 aromatic heterocycles. The number of hydrogen-bond acceptors (Lipinski definition) is 2. The Hall–Kier alpha value is -4.11. The minimum atomic E-state index is -0.694. The normalized spacial score (nSPS) is 22.4. The monoisotopic (exact) mass is 572 g/mol. The van der Waals surface area contributed by atoms with Gasteiger partial charge in [-0.05, 0) is 66.9 Å². The first-order valence-electron chi connectivity index (χ1n) is 15.7. The van der Waals surface area contributed by atoms with E-state index in [0.29, 0.717) is 0 Å². The van der Waals surface area contributed by atoms with Crippen molar-refractivity contribution in [2.24, 2.45) is 0 Å². The quantitative estimate of drug-likeness (QED) is 0.190. The largest absolute Gasteiger partial charge is 0.466 e. The van der Waals surface area contributed by atoms with Gasteiger partial charge in [0.2, 0.25) is 6.71 Å². The molecule has 4 heteroatoms. The zero-order valence-corrected chi connectivity index (χ0v) is 26.0. The SMILES string of the molecule is CC1(C)OB(C2(c3ccccc3)B(c3ccccc3)[C@@H](c3ccccc3)C(c3ccccc3)=C2c2ccccc2)OC1(C)C. The molecular formula is C40H38B2O2. The molecule has 5 aromatic rings. The van der Waals surface area contributed by atoms with E-state index in [4.69, 9.17) is 9.31 Å². The van der Waals surface area contributed by atoms with E-state index in [9.17, 15) is 0 Å². The summed E-state index contributed by atoms with van der Waals surface area (Å²) in [5.74, 6) is 0.0236. The third-order valence-electron chi connectivity index (χ3n) is 10.2. The molecule has 216 valence electrons. The highest BCUT2D eigenvalue weighted by Crippen LogP contribution is 2.61. The van der Waals surface area contributed by atoms with Crippen molar-refractivity contribution in [3.63, 3.8) is 0 Å². The third-order valence-corrected chi connectivity index (χ3v) is 10.2. The van der Waals surface area contributed by atoms with Crippen molar-refractivity contribution in [3.05, 3.63) is 174 Å². The molecule has 0 aliphatic carbocycles. The van der Waals surface area contributed by atoms with Crippen molar-refractivity contribution >= 4 is 30.4 Å². The van der Waals surface area contributed by atoms with E-state index in [0.717, 1.165) is 0 Å². The van der Waals surface area contributed by atoms with Gasteiger partial charge < -0.3 is 9.31 Å². The van der Waals surface area contributed by atoms with E-state index >= 15 is 0 Å². The number of rotatable bonds is 6. The molecule has 44 heavy (non-hydrogen) atoms. The molecule has 2 aliphatic rings. The highest BCUT2D eigenvalue weighted by atomic mass is 16.7. The van der Waals surface area contributed by atoms with Crippen molar-refractivity contribution in [2.75, 3.05) is 0 Å².